The van der Waals surface area contributed by atoms with Crippen molar-refractivity contribution in [2.24, 2.45) is 0 Å². The van der Waals surface area contributed by atoms with Crippen LogP contribution >= 0.6 is 0 Å². The Kier molecular flexibility index (Phi) is 6.22. The zero-order valence-electron chi connectivity index (χ0n) is 17.3. The molecule has 3 aromatic rings. The van der Waals surface area contributed by atoms with Crippen LogP contribution in [-0.4, -0.2) is 68.3 Å². The van der Waals surface area contributed by atoms with Crippen molar-refractivity contribution >= 4 is 16.6 Å². The van der Waals surface area contributed by atoms with Crippen LogP contribution < -0.4 is 14.8 Å². The lowest BCUT2D eigenvalue weighted by Gasteiger charge is -2.32. The van der Waals surface area contributed by atoms with Crippen LogP contribution in [0.15, 0.2) is 48.5 Å². The summed E-state index contributed by atoms with van der Waals surface area (Å²) in [5, 5.41) is 4.61. The lowest BCUT2D eigenvalue weighted by Crippen LogP contribution is -2.45. The van der Waals surface area contributed by atoms with Gasteiger partial charge in [-0.15, -0.1) is 0 Å². The Morgan fingerprint density at radius 1 is 1.00 bits per heavy atom. The predicted molar refractivity (Wildman–Crippen MR) is 118 cm³/mol. The standard InChI is InChI=1S/C23H30N4O2/c1-26-10-12-27(13-11-26)14-15-29-23-8-4-3-6-21(23)24-17-18-16-19-20(25-18)7-5-9-22(19)28-2/h3-9,16,24-25H,10-15,17H2,1-2H3. The van der Waals surface area contributed by atoms with Crippen molar-refractivity contribution in [2.75, 3.05) is 58.8 Å². The number of fused-ring (bicyclic) bond motifs is 1. The van der Waals surface area contributed by atoms with E-state index in [0.717, 1.165) is 66.5 Å². The number of methoxy groups -OCH3 is 1. The van der Waals surface area contributed by atoms with E-state index in [-0.39, 0.29) is 0 Å². The van der Waals surface area contributed by atoms with Gasteiger partial charge in [0.2, 0.25) is 0 Å². The average molecular weight is 395 g/mol. The molecule has 1 aliphatic rings. The Bertz CT molecular complexity index is 932. The van der Waals surface area contributed by atoms with Crippen LogP contribution in [0.4, 0.5) is 5.69 Å². The molecule has 0 radical (unpaired) electrons. The summed E-state index contributed by atoms with van der Waals surface area (Å²) < 4.78 is 11.6. The minimum atomic E-state index is 0.691. The maximum Gasteiger partial charge on any atom is 0.142 e. The van der Waals surface area contributed by atoms with Crippen molar-refractivity contribution < 1.29 is 9.47 Å². The SMILES string of the molecule is COc1cccc2[nH]c(CNc3ccccc3OCCN3CCN(C)CC3)cc12. The quantitative estimate of drug-likeness (QED) is 0.613. The molecule has 1 saturated heterocycles. The van der Waals surface area contributed by atoms with Crippen LogP contribution in [-0.2, 0) is 6.54 Å². The maximum absolute atomic E-state index is 6.10. The van der Waals surface area contributed by atoms with E-state index in [9.17, 15) is 0 Å². The smallest absolute Gasteiger partial charge is 0.142 e. The topological polar surface area (TPSA) is 52.8 Å². The second-order valence-corrected chi connectivity index (χ2v) is 7.56. The van der Waals surface area contributed by atoms with Crippen molar-refractivity contribution in [3.8, 4) is 11.5 Å². The molecule has 0 spiro atoms. The first kappa shape index (κ1) is 19.6. The number of piperazine rings is 1. The van der Waals surface area contributed by atoms with E-state index in [1.807, 2.05) is 30.3 Å². The average Bonchev–Trinajstić information content (AvgIpc) is 3.17. The first-order chi connectivity index (χ1) is 14.2. The van der Waals surface area contributed by atoms with Gasteiger partial charge in [-0.1, -0.05) is 18.2 Å². The van der Waals surface area contributed by atoms with Crippen LogP contribution in [0.2, 0.25) is 0 Å². The molecule has 4 rings (SSSR count). The zero-order valence-corrected chi connectivity index (χ0v) is 17.3. The second kappa shape index (κ2) is 9.20. The first-order valence-electron chi connectivity index (χ1n) is 10.2. The fourth-order valence-corrected chi connectivity index (χ4v) is 3.74. The number of anilines is 1. The molecular weight excluding hydrogens is 364 g/mol. The van der Waals surface area contributed by atoms with Crippen LogP contribution in [0.25, 0.3) is 10.9 Å². The fraction of sp³-hybridized carbons (Fsp3) is 0.391. The predicted octanol–water partition coefficient (Wildman–Crippen LogP) is 3.41. The zero-order chi connectivity index (χ0) is 20.1. The number of likely N-dealkylation sites (N-methyl/N-ethyl adjacent to an activating group) is 1. The minimum Gasteiger partial charge on any atom is -0.496 e. The number of H-pyrrole nitrogens is 1. The Morgan fingerprint density at radius 3 is 2.62 bits per heavy atom. The van der Waals surface area contributed by atoms with E-state index in [0.29, 0.717) is 13.2 Å². The number of hydrogen-bond donors (Lipinski definition) is 2. The number of nitrogens with zero attached hydrogens (tertiary/aromatic N) is 2. The Balaban J connectivity index is 1.35. The van der Waals surface area contributed by atoms with Gasteiger partial charge in [0.25, 0.3) is 0 Å². The summed E-state index contributed by atoms with van der Waals surface area (Å²) in [5.74, 6) is 1.79. The number of para-hydroxylation sites is 2. The number of ether oxygens (including phenoxy) is 2. The van der Waals surface area contributed by atoms with Crippen molar-refractivity contribution in [3.63, 3.8) is 0 Å². The van der Waals surface area contributed by atoms with E-state index >= 15 is 0 Å². The molecule has 2 aromatic carbocycles. The molecule has 2 N–H and O–H groups in total. The lowest BCUT2D eigenvalue weighted by atomic mass is 10.2. The van der Waals surface area contributed by atoms with Crippen LogP contribution in [0.3, 0.4) is 0 Å². The van der Waals surface area contributed by atoms with E-state index in [2.05, 4.69) is 45.3 Å². The highest BCUT2D eigenvalue weighted by Crippen LogP contribution is 2.28. The number of aromatic nitrogens is 1. The molecule has 6 heteroatoms. The molecule has 2 heterocycles. The number of nitrogens with one attached hydrogen (secondary N) is 2. The number of benzene rings is 2. The van der Waals surface area contributed by atoms with Gasteiger partial charge < -0.3 is 24.7 Å². The van der Waals surface area contributed by atoms with Gasteiger partial charge >= 0.3 is 0 Å². The van der Waals surface area contributed by atoms with Gasteiger partial charge in [0.15, 0.2) is 0 Å². The van der Waals surface area contributed by atoms with Gasteiger partial charge in [0, 0.05) is 49.3 Å². The van der Waals surface area contributed by atoms with Gasteiger partial charge in [-0.05, 0) is 37.4 Å². The third kappa shape index (κ3) is 4.83. The molecule has 29 heavy (non-hydrogen) atoms. The summed E-state index contributed by atoms with van der Waals surface area (Å²) in [6.07, 6.45) is 0. The van der Waals surface area contributed by atoms with Gasteiger partial charge in [-0.2, -0.15) is 0 Å². The Labute approximate surface area is 172 Å². The van der Waals surface area contributed by atoms with Crippen molar-refractivity contribution in [3.05, 3.63) is 54.2 Å². The molecule has 1 fully saturated rings. The van der Waals surface area contributed by atoms with Crippen molar-refractivity contribution in [1.29, 1.82) is 0 Å². The Morgan fingerprint density at radius 2 is 1.79 bits per heavy atom. The van der Waals surface area contributed by atoms with Gasteiger partial charge in [-0.3, -0.25) is 4.90 Å². The third-order valence-corrected chi connectivity index (χ3v) is 5.52. The third-order valence-electron chi connectivity index (χ3n) is 5.52. The summed E-state index contributed by atoms with van der Waals surface area (Å²) in [6, 6.07) is 16.3. The van der Waals surface area contributed by atoms with Crippen LogP contribution in [0, 0.1) is 0 Å². The van der Waals surface area contributed by atoms with E-state index < -0.39 is 0 Å². The summed E-state index contributed by atoms with van der Waals surface area (Å²) in [7, 11) is 3.88. The lowest BCUT2D eigenvalue weighted by molar-refractivity contribution is 0.134. The highest BCUT2D eigenvalue weighted by Gasteiger charge is 2.13. The normalized spacial score (nSPS) is 15.5. The largest absolute Gasteiger partial charge is 0.496 e. The molecule has 0 aliphatic carbocycles. The summed E-state index contributed by atoms with van der Waals surface area (Å²) in [6.45, 7) is 6.85. The van der Waals surface area contributed by atoms with E-state index in [4.69, 9.17) is 9.47 Å². The molecule has 0 atom stereocenters. The summed E-state index contributed by atoms with van der Waals surface area (Å²) in [4.78, 5) is 8.29. The number of hydrogen-bond acceptors (Lipinski definition) is 5. The molecule has 0 amide bonds. The maximum atomic E-state index is 6.10. The van der Waals surface area contributed by atoms with Crippen LogP contribution in [0.1, 0.15) is 5.69 Å². The molecule has 0 bridgehead atoms. The second-order valence-electron chi connectivity index (χ2n) is 7.56. The number of aromatic amines is 1. The number of rotatable bonds is 8. The molecular formula is C23H30N4O2. The van der Waals surface area contributed by atoms with Gasteiger partial charge in [-0.25, -0.2) is 0 Å². The fourth-order valence-electron chi connectivity index (χ4n) is 3.74. The summed E-state index contributed by atoms with van der Waals surface area (Å²) in [5.41, 5.74) is 3.20. The molecule has 154 valence electrons. The van der Waals surface area contributed by atoms with Crippen LogP contribution in [0.5, 0.6) is 11.5 Å². The van der Waals surface area contributed by atoms with Crippen molar-refractivity contribution in [2.45, 2.75) is 6.54 Å². The van der Waals surface area contributed by atoms with E-state index in [1.165, 1.54) is 0 Å². The minimum absolute atomic E-state index is 0.691. The monoisotopic (exact) mass is 394 g/mol. The van der Waals surface area contributed by atoms with Gasteiger partial charge in [0.1, 0.15) is 18.1 Å². The highest BCUT2D eigenvalue weighted by atomic mass is 16.5. The van der Waals surface area contributed by atoms with Gasteiger partial charge in [0.05, 0.1) is 19.3 Å². The molecule has 0 saturated carbocycles. The van der Waals surface area contributed by atoms with E-state index in [1.54, 1.807) is 7.11 Å². The molecule has 6 nitrogen and oxygen atoms in total. The van der Waals surface area contributed by atoms with Crippen molar-refractivity contribution in [1.82, 2.24) is 14.8 Å². The first-order valence-corrected chi connectivity index (χ1v) is 10.2. The Hall–Kier alpha value is -2.70. The molecule has 0 unspecified atom stereocenters. The molecule has 1 aromatic heterocycles. The highest BCUT2D eigenvalue weighted by molar-refractivity contribution is 5.86. The molecule has 1 aliphatic heterocycles. The summed E-state index contributed by atoms with van der Waals surface area (Å²) >= 11 is 0.